The van der Waals surface area contributed by atoms with Gasteiger partial charge in [-0.1, -0.05) is 72.8 Å². The number of benzene rings is 3. The number of aromatic nitrogens is 3. The lowest BCUT2D eigenvalue weighted by Crippen LogP contribution is -2.45. The van der Waals surface area contributed by atoms with Gasteiger partial charge in [-0.2, -0.15) is 0 Å². The quantitative estimate of drug-likeness (QED) is 0.166. The zero-order valence-electron chi connectivity index (χ0n) is 27.6. The van der Waals surface area contributed by atoms with Crippen molar-refractivity contribution in [2.24, 2.45) is 5.92 Å². The van der Waals surface area contributed by atoms with Crippen molar-refractivity contribution in [3.63, 3.8) is 0 Å². The highest BCUT2D eigenvalue weighted by molar-refractivity contribution is 6.72. The lowest BCUT2D eigenvalue weighted by atomic mass is 9.82. The summed E-state index contributed by atoms with van der Waals surface area (Å²) in [5, 5.41) is 19.3. The Morgan fingerprint density at radius 3 is 2.48 bits per heavy atom. The Labute approximate surface area is 281 Å². The summed E-state index contributed by atoms with van der Waals surface area (Å²) in [7, 11) is -3.39. The monoisotopic (exact) mass is 667 g/mol. The van der Waals surface area contributed by atoms with Gasteiger partial charge in [0.1, 0.15) is 11.8 Å². The molecule has 1 spiro atoms. The fourth-order valence-electron chi connectivity index (χ4n) is 8.09. The van der Waals surface area contributed by atoms with Gasteiger partial charge in [0.2, 0.25) is 14.3 Å². The van der Waals surface area contributed by atoms with E-state index in [0.717, 1.165) is 29.8 Å². The average molecular weight is 668 g/mol. The van der Waals surface area contributed by atoms with Crippen LogP contribution in [0.1, 0.15) is 61.1 Å². The van der Waals surface area contributed by atoms with Crippen LogP contribution in [-0.4, -0.2) is 53.0 Å². The molecule has 4 aromatic rings. The standard InChI is InChI=1S/C37H42FN5O4Si/c1-25-35(48(2,3)38)32(19-21-41-24-30(39-40-41)34(45)27-14-8-5-9-15-27)47-37(25)29-22-28(42-20-11-10-16-33(42)44)17-18-31(29)43(36(37)46)23-26-12-6-4-7-13-26/h4-9,12-15,17-18,22,24-25,32,34-35,45H,10-11,16,19-21,23H2,1-3H3/t25-,32+,34+,35-,37+/m0/s1. The van der Waals surface area contributed by atoms with Crippen LogP contribution in [0.2, 0.25) is 18.6 Å². The van der Waals surface area contributed by atoms with E-state index in [0.29, 0.717) is 49.3 Å². The molecule has 48 heavy (non-hydrogen) atoms. The average Bonchev–Trinajstić information content (AvgIpc) is 3.75. The van der Waals surface area contributed by atoms with E-state index in [1.165, 1.54) is 0 Å². The van der Waals surface area contributed by atoms with E-state index in [-0.39, 0.29) is 11.8 Å². The Kier molecular flexibility index (Phi) is 8.55. The van der Waals surface area contributed by atoms with E-state index in [1.54, 1.807) is 33.8 Å². The molecule has 7 rings (SSSR count). The molecule has 4 heterocycles. The highest BCUT2D eigenvalue weighted by Gasteiger charge is 2.66. The van der Waals surface area contributed by atoms with E-state index < -0.39 is 37.7 Å². The summed E-state index contributed by atoms with van der Waals surface area (Å²) >= 11 is 0. The maximum Gasteiger partial charge on any atom is 0.264 e. The molecule has 2 saturated heterocycles. The highest BCUT2D eigenvalue weighted by atomic mass is 28.4. The molecule has 0 bridgehead atoms. The molecule has 3 aliphatic rings. The third-order valence-electron chi connectivity index (χ3n) is 10.4. The van der Waals surface area contributed by atoms with E-state index in [4.69, 9.17) is 4.74 Å². The first-order chi connectivity index (χ1) is 23.1. The van der Waals surface area contributed by atoms with Crippen LogP contribution in [0.4, 0.5) is 15.5 Å². The summed E-state index contributed by atoms with van der Waals surface area (Å²) in [6, 6.07) is 24.9. The number of nitrogens with zero attached hydrogens (tertiary/aromatic N) is 5. The number of aliphatic hydroxyl groups is 1. The first-order valence-corrected chi connectivity index (χ1v) is 19.8. The molecule has 0 saturated carbocycles. The first kappa shape index (κ1) is 32.4. The fraction of sp³-hybridized carbons (Fsp3) is 0.405. The number of piperidine rings is 1. The van der Waals surface area contributed by atoms with Crippen molar-refractivity contribution in [1.82, 2.24) is 15.0 Å². The smallest absolute Gasteiger partial charge is 0.264 e. The van der Waals surface area contributed by atoms with Crippen molar-refractivity contribution in [3.05, 3.63) is 107 Å². The van der Waals surface area contributed by atoms with E-state index in [9.17, 15) is 14.7 Å². The topological polar surface area (TPSA) is 101 Å². The lowest BCUT2D eigenvalue weighted by molar-refractivity contribution is -0.146. The molecule has 0 unspecified atom stereocenters. The zero-order chi connectivity index (χ0) is 33.6. The number of fused-ring (bicyclic) bond motifs is 2. The second-order valence-electron chi connectivity index (χ2n) is 13.9. The van der Waals surface area contributed by atoms with Gasteiger partial charge in [-0.3, -0.25) is 14.3 Å². The second kappa shape index (κ2) is 12.7. The van der Waals surface area contributed by atoms with E-state index in [2.05, 4.69) is 10.3 Å². The van der Waals surface area contributed by atoms with Gasteiger partial charge in [0.15, 0.2) is 5.60 Å². The molecule has 3 aliphatic heterocycles. The zero-order valence-corrected chi connectivity index (χ0v) is 28.6. The van der Waals surface area contributed by atoms with Crippen molar-refractivity contribution in [2.75, 3.05) is 16.3 Å². The molecular weight excluding hydrogens is 626 g/mol. The molecule has 11 heteroatoms. The number of rotatable bonds is 9. The highest BCUT2D eigenvalue weighted by Crippen LogP contribution is 2.60. The maximum absolute atomic E-state index is 16.4. The van der Waals surface area contributed by atoms with Crippen LogP contribution >= 0.6 is 0 Å². The normalized spacial score (nSPS) is 24.8. The number of carbonyl (C=O) groups excluding carboxylic acids is 2. The number of hydrogen-bond donors (Lipinski definition) is 1. The molecule has 0 aliphatic carbocycles. The molecule has 3 aromatic carbocycles. The summed E-state index contributed by atoms with van der Waals surface area (Å²) < 4.78 is 25.1. The van der Waals surface area contributed by atoms with Crippen LogP contribution in [-0.2, 0) is 33.0 Å². The molecular formula is C37H42FN5O4Si. The van der Waals surface area contributed by atoms with Gasteiger partial charge in [0, 0.05) is 42.2 Å². The molecule has 0 radical (unpaired) electrons. The van der Waals surface area contributed by atoms with Crippen molar-refractivity contribution in [1.29, 1.82) is 0 Å². The fourth-order valence-corrected chi connectivity index (χ4v) is 10.6. The number of ether oxygens (including phenoxy) is 1. The van der Waals surface area contributed by atoms with Crippen molar-refractivity contribution >= 4 is 31.6 Å². The number of anilines is 2. The summed E-state index contributed by atoms with van der Waals surface area (Å²) in [4.78, 5) is 31.4. The van der Waals surface area contributed by atoms with Crippen LogP contribution in [0.25, 0.3) is 0 Å². The van der Waals surface area contributed by atoms with Crippen LogP contribution in [0.15, 0.2) is 85.1 Å². The lowest BCUT2D eigenvalue weighted by Gasteiger charge is -2.32. The molecule has 5 atom stereocenters. The predicted octanol–water partition coefficient (Wildman–Crippen LogP) is 6.29. The molecule has 2 fully saturated rings. The summed E-state index contributed by atoms with van der Waals surface area (Å²) in [5.41, 5.74) is 2.41. The molecule has 1 N–H and O–H groups in total. The summed E-state index contributed by atoms with van der Waals surface area (Å²) in [6.45, 7) is 6.69. The van der Waals surface area contributed by atoms with Crippen LogP contribution < -0.4 is 9.80 Å². The number of hydrogen-bond acceptors (Lipinski definition) is 6. The van der Waals surface area contributed by atoms with E-state index in [1.807, 2.05) is 85.8 Å². The Balaban J connectivity index is 1.23. The van der Waals surface area contributed by atoms with Gasteiger partial charge in [-0.15, -0.1) is 5.10 Å². The minimum atomic E-state index is -3.39. The number of aliphatic hydroxyl groups excluding tert-OH is 1. The van der Waals surface area contributed by atoms with Crippen LogP contribution in [0.3, 0.4) is 0 Å². The van der Waals surface area contributed by atoms with Crippen molar-refractivity contribution < 1.29 is 23.5 Å². The second-order valence-corrected chi connectivity index (χ2v) is 17.7. The Bertz CT molecular complexity index is 1800. The minimum Gasteiger partial charge on any atom is -0.382 e. The number of carbonyl (C=O) groups is 2. The summed E-state index contributed by atoms with van der Waals surface area (Å²) in [5.74, 6) is -0.589. The molecule has 9 nitrogen and oxygen atoms in total. The van der Waals surface area contributed by atoms with Gasteiger partial charge in [0.25, 0.3) is 5.91 Å². The van der Waals surface area contributed by atoms with Crippen molar-refractivity contribution in [3.8, 4) is 0 Å². The number of amides is 2. The van der Waals surface area contributed by atoms with Crippen molar-refractivity contribution in [2.45, 2.75) is 82.1 Å². The van der Waals surface area contributed by atoms with Crippen LogP contribution in [0, 0.1) is 5.92 Å². The van der Waals surface area contributed by atoms with Gasteiger partial charge >= 0.3 is 0 Å². The largest absolute Gasteiger partial charge is 0.382 e. The van der Waals surface area contributed by atoms with E-state index >= 15 is 4.11 Å². The SMILES string of the molecule is C[C@H]1[C@H]([Si](C)(C)F)[C@@H](CCn2cc([C@H](O)c3ccccc3)nn2)O[C@]12C(=O)N(Cc1ccccc1)c1ccc(N3CCCCC3=O)cc12. The van der Waals surface area contributed by atoms with Gasteiger partial charge < -0.3 is 23.8 Å². The third kappa shape index (κ3) is 5.67. The number of halogens is 1. The Morgan fingerprint density at radius 2 is 1.77 bits per heavy atom. The molecule has 250 valence electrons. The molecule has 1 aromatic heterocycles. The number of aryl methyl sites for hydroxylation is 1. The maximum atomic E-state index is 16.4. The third-order valence-corrected chi connectivity index (χ3v) is 12.8. The van der Waals surface area contributed by atoms with Gasteiger partial charge in [0.05, 0.1) is 24.5 Å². The van der Waals surface area contributed by atoms with Crippen LogP contribution in [0.5, 0.6) is 0 Å². The Hall–Kier alpha value is -4.19. The Morgan fingerprint density at radius 1 is 1.04 bits per heavy atom. The molecule has 2 amide bonds. The predicted molar refractivity (Wildman–Crippen MR) is 183 cm³/mol. The summed E-state index contributed by atoms with van der Waals surface area (Å²) in [6.07, 6.45) is 2.91. The van der Waals surface area contributed by atoms with Gasteiger partial charge in [-0.05, 0) is 61.7 Å². The first-order valence-electron chi connectivity index (χ1n) is 16.9. The minimum absolute atomic E-state index is 0.0683. The van der Waals surface area contributed by atoms with Gasteiger partial charge in [-0.25, -0.2) is 0 Å².